The van der Waals surface area contributed by atoms with Crippen LogP contribution in [-0.2, 0) is 15.7 Å². The average molecular weight is 296 g/mol. The highest BCUT2D eigenvalue weighted by Gasteiger charge is 2.52. The lowest BCUT2D eigenvalue weighted by molar-refractivity contribution is 0.00578. The van der Waals surface area contributed by atoms with Gasteiger partial charge in [0, 0.05) is 17.9 Å². The molecule has 0 saturated carbocycles. The van der Waals surface area contributed by atoms with E-state index in [0.717, 1.165) is 17.4 Å². The standard InChI is InChI=1S/C15H23BClNO2/c1-10(2)7-11-12(8-18-9-13(11)17)16-19-14(3,4)15(5,6)20-16/h8-10H,7H2,1-6H3. The van der Waals surface area contributed by atoms with E-state index in [2.05, 4.69) is 18.8 Å². The van der Waals surface area contributed by atoms with Gasteiger partial charge in [0.2, 0.25) is 0 Å². The van der Waals surface area contributed by atoms with Gasteiger partial charge in [-0.1, -0.05) is 25.4 Å². The maximum atomic E-state index is 6.32. The molecule has 0 bridgehead atoms. The van der Waals surface area contributed by atoms with Crippen molar-refractivity contribution >= 4 is 24.2 Å². The highest BCUT2D eigenvalue weighted by molar-refractivity contribution is 6.63. The zero-order valence-electron chi connectivity index (χ0n) is 13.2. The Morgan fingerprint density at radius 1 is 1.15 bits per heavy atom. The van der Waals surface area contributed by atoms with Crippen molar-refractivity contribution in [3.8, 4) is 0 Å². The van der Waals surface area contributed by atoms with Gasteiger partial charge in [0.05, 0.1) is 16.2 Å². The van der Waals surface area contributed by atoms with Crippen LogP contribution in [0.15, 0.2) is 12.4 Å². The first-order valence-corrected chi connectivity index (χ1v) is 7.50. The van der Waals surface area contributed by atoms with Crippen molar-refractivity contribution in [2.75, 3.05) is 0 Å². The summed E-state index contributed by atoms with van der Waals surface area (Å²) in [4.78, 5) is 4.20. The van der Waals surface area contributed by atoms with Crippen molar-refractivity contribution in [2.24, 2.45) is 5.92 Å². The van der Waals surface area contributed by atoms with Crippen LogP contribution in [0.5, 0.6) is 0 Å². The molecular weight excluding hydrogens is 272 g/mol. The van der Waals surface area contributed by atoms with Crippen LogP contribution in [0.2, 0.25) is 5.02 Å². The summed E-state index contributed by atoms with van der Waals surface area (Å²) in [6.07, 6.45) is 4.39. The molecular formula is C15H23BClNO2. The third kappa shape index (κ3) is 2.88. The Kier molecular flexibility index (Phi) is 4.21. The van der Waals surface area contributed by atoms with Crippen molar-refractivity contribution in [3.05, 3.63) is 23.0 Å². The lowest BCUT2D eigenvalue weighted by Crippen LogP contribution is -2.41. The monoisotopic (exact) mass is 295 g/mol. The summed E-state index contributed by atoms with van der Waals surface area (Å²) in [5.74, 6) is 0.510. The maximum Gasteiger partial charge on any atom is 0.496 e. The molecule has 0 N–H and O–H groups in total. The SMILES string of the molecule is CC(C)Cc1c(Cl)cncc1B1OC(C)(C)C(C)(C)O1. The summed E-state index contributed by atoms with van der Waals surface area (Å²) in [6.45, 7) is 12.5. The number of pyridine rings is 1. The molecule has 1 aliphatic rings. The maximum absolute atomic E-state index is 6.32. The van der Waals surface area contributed by atoms with Crippen molar-refractivity contribution < 1.29 is 9.31 Å². The molecule has 0 aliphatic carbocycles. The number of nitrogens with zero attached hydrogens (tertiary/aromatic N) is 1. The summed E-state index contributed by atoms with van der Waals surface area (Å²) in [5.41, 5.74) is 1.32. The molecule has 0 spiro atoms. The Labute approximate surface area is 127 Å². The van der Waals surface area contributed by atoms with Gasteiger partial charge in [0.1, 0.15) is 0 Å². The van der Waals surface area contributed by atoms with Crippen LogP contribution >= 0.6 is 11.6 Å². The molecule has 0 unspecified atom stereocenters. The molecule has 2 heterocycles. The van der Waals surface area contributed by atoms with Gasteiger partial charge < -0.3 is 9.31 Å². The lowest BCUT2D eigenvalue weighted by atomic mass is 9.75. The molecule has 0 amide bonds. The highest BCUT2D eigenvalue weighted by atomic mass is 35.5. The lowest BCUT2D eigenvalue weighted by Gasteiger charge is -2.32. The van der Waals surface area contributed by atoms with Gasteiger partial charge in [-0.3, -0.25) is 4.98 Å². The van der Waals surface area contributed by atoms with E-state index in [1.165, 1.54) is 0 Å². The molecule has 0 atom stereocenters. The van der Waals surface area contributed by atoms with Gasteiger partial charge in [0.25, 0.3) is 0 Å². The van der Waals surface area contributed by atoms with Crippen LogP contribution in [0.4, 0.5) is 0 Å². The fourth-order valence-corrected chi connectivity index (χ4v) is 2.52. The molecule has 2 rings (SSSR count). The quantitative estimate of drug-likeness (QED) is 0.802. The van der Waals surface area contributed by atoms with Gasteiger partial charge in [0.15, 0.2) is 0 Å². The fourth-order valence-electron chi connectivity index (χ4n) is 2.27. The molecule has 1 aliphatic heterocycles. The number of hydrogen-bond donors (Lipinski definition) is 0. The van der Waals surface area contributed by atoms with Gasteiger partial charge in [-0.2, -0.15) is 0 Å². The van der Waals surface area contributed by atoms with Gasteiger partial charge in [-0.05, 0) is 45.6 Å². The van der Waals surface area contributed by atoms with Gasteiger partial charge >= 0.3 is 7.12 Å². The molecule has 0 aromatic carbocycles. The van der Waals surface area contributed by atoms with Crippen LogP contribution in [-0.4, -0.2) is 23.3 Å². The molecule has 1 aromatic rings. The average Bonchev–Trinajstić information content (AvgIpc) is 2.50. The molecule has 1 saturated heterocycles. The van der Waals surface area contributed by atoms with Gasteiger partial charge in [-0.25, -0.2) is 0 Å². The Bertz CT molecular complexity index is 487. The zero-order chi connectivity index (χ0) is 15.1. The summed E-state index contributed by atoms with van der Waals surface area (Å²) in [7, 11) is -0.403. The molecule has 110 valence electrons. The van der Waals surface area contributed by atoms with Crippen molar-refractivity contribution in [2.45, 2.75) is 59.2 Å². The largest absolute Gasteiger partial charge is 0.496 e. The third-order valence-corrected chi connectivity index (χ3v) is 4.48. The van der Waals surface area contributed by atoms with E-state index in [9.17, 15) is 0 Å². The molecule has 3 nitrogen and oxygen atoms in total. The van der Waals surface area contributed by atoms with E-state index in [1.807, 2.05) is 33.9 Å². The minimum atomic E-state index is -0.403. The first-order valence-electron chi connectivity index (χ1n) is 7.12. The predicted molar refractivity (Wildman–Crippen MR) is 83.5 cm³/mol. The first-order chi connectivity index (χ1) is 9.14. The van der Waals surface area contributed by atoms with Crippen LogP contribution in [0.25, 0.3) is 0 Å². The number of aromatic nitrogens is 1. The van der Waals surface area contributed by atoms with Crippen LogP contribution in [0.1, 0.15) is 47.1 Å². The number of hydrogen-bond acceptors (Lipinski definition) is 3. The van der Waals surface area contributed by atoms with E-state index in [-0.39, 0.29) is 11.2 Å². The van der Waals surface area contributed by atoms with Crippen LogP contribution in [0, 0.1) is 5.92 Å². The number of rotatable bonds is 3. The van der Waals surface area contributed by atoms with E-state index in [4.69, 9.17) is 20.9 Å². The Morgan fingerprint density at radius 3 is 2.20 bits per heavy atom. The predicted octanol–water partition coefficient (Wildman–Crippen LogP) is 3.23. The summed E-state index contributed by atoms with van der Waals surface area (Å²) >= 11 is 6.32. The van der Waals surface area contributed by atoms with E-state index in [0.29, 0.717) is 10.9 Å². The second-order valence-corrected chi connectivity index (χ2v) is 7.28. The van der Waals surface area contributed by atoms with E-state index >= 15 is 0 Å². The van der Waals surface area contributed by atoms with Crippen molar-refractivity contribution in [1.29, 1.82) is 0 Å². The van der Waals surface area contributed by atoms with Crippen LogP contribution < -0.4 is 5.46 Å². The minimum absolute atomic E-state index is 0.352. The normalized spacial score (nSPS) is 20.7. The topological polar surface area (TPSA) is 31.4 Å². The summed E-state index contributed by atoms with van der Waals surface area (Å²) < 4.78 is 12.2. The van der Waals surface area contributed by atoms with E-state index in [1.54, 1.807) is 6.20 Å². The minimum Gasteiger partial charge on any atom is -0.399 e. The van der Waals surface area contributed by atoms with Crippen molar-refractivity contribution in [3.63, 3.8) is 0 Å². The summed E-state index contributed by atoms with van der Waals surface area (Å²) in [5, 5.41) is 0.686. The first kappa shape index (κ1) is 15.8. The zero-order valence-corrected chi connectivity index (χ0v) is 13.9. The fraction of sp³-hybridized carbons (Fsp3) is 0.667. The third-order valence-electron chi connectivity index (χ3n) is 4.16. The molecule has 5 heteroatoms. The van der Waals surface area contributed by atoms with E-state index < -0.39 is 7.12 Å². The molecule has 1 fully saturated rings. The Balaban J connectivity index is 2.37. The Hall–Kier alpha value is -0.575. The molecule has 1 aromatic heterocycles. The second-order valence-electron chi connectivity index (χ2n) is 6.88. The molecule has 20 heavy (non-hydrogen) atoms. The highest BCUT2D eigenvalue weighted by Crippen LogP contribution is 2.37. The number of halogens is 1. The smallest absolute Gasteiger partial charge is 0.399 e. The second kappa shape index (κ2) is 5.32. The summed E-state index contributed by atoms with van der Waals surface area (Å²) in [6, 6.07) is 0. The van der Waals surface area contributed by atoms with Crippen molar-refractivity contribution in [1.82, 2.24) is 4.98 Å². The Morgan fingerprint density at radius 2 is 1.70 bits per heavy atom. The molecule has 0 radical (unpaired) electrons. The van der Waals surface area contributed by atoms with Gasteiger partial charge in [-0.15, -0.1) is 0 Å². The van der Waals surface area contributed by atoms with Crippen LogP contribution in [0.3, 0.4) is 0 Å².